The van der Waals surface area contributed by atoms with Crippen molar-refractivity contribution >= 4 is 23.4 Å². The Labute approximate surface area is 82.1 Å². The molecular formula is C9H11ClOS. The highest BCUT2D eigenvalue weighted by Gasteiger charge is 2.04. The van der Waals surface area contributed by atoms with Crippen LogP contribution in [0.2, 0.25) is 5.02 Å². The lowest BCUT2D eigenvalue weighted by molar-refractivity contribution is 0.413. The second-order valence-corrected chi connectivity index (χ2v) is 3.69. The quantitative estimate of drug-likeness (QED) is 0.680. The maximum absolute atomic E-state index is 5.98. The summed E-state index contributed by atoms with van der Waals surface area (Å²) in [6, 6.07) is 3.82. The maximum atomic E-state index is 5.98. The van der Waals surface area contributed by atoms with Crippen LogP contribution in [0.3, 0.4) is 0 Å². The van der Waals surface area contributed by atoms with Gasteiger partial charge in [0, 0.05) is 9.92 Å². The Morgan fingerprint density at radius 3 is 2.58 bits per heavy atom. The van der Waals surface area contributed by atoms with Crippen molar-refractivity contribution in [1.82, 2.24) is 0 Å². The molecule has 0 saturated carbocycles. The van der Waals surface area contributed by atoms with Gasteiger partial charge in [-0.2, -0.15) is 0 Å². The molecule has 0 radical (unpaired) electrons. The zero-order valence-electron chi connectivity index (χ0n) is 7.35. The van der Waals surface area contributed by atoms with E-state index in [0.29, 0.717) is 0 Å². The molecule has 1 aromatic rings. The van der Waals surface area contributed by atoms with Gasteiger partial charge < -0.3 is 4.74 Å². The minimum Gasteiger partial charge on any atom is -0.497 e. The van der Waals surface area contributed by atoms with Crippen molar-refractivity contribution in [3.8, 4) is 5.75 Å². The molecule has 66 valence electrons. The second-order valence-electron chi connectivity index (χ2n) is 2.44. The van der Waals surface area contributed by atoms with Crippen LogP contribution in [-0.4, -0.2) is 13.4 Å². The van der Waals surface area contributed by atoms with Crippen molar-refractivity contribution in [2.75, 3.05) is 13.4 Å². The molecule has 12 heavy (non-hydrogen) atoms. The fourth-order valence-corrected chi connectivity index (χ4v) is 1.88. The van der Waals surface area contributed by atoms with E-state index in [-0.39, 0.29) is 0 Å². The summed E-state index contributed by atoms with van der Waals surface area (Å²) in [4.78, 5) is 1.17. The van der Waals surface area contributed by atoms with Crippen molar-refractivity contribution in [3.05, 3.63) is 22.7 Å². The Morgan fingerprint density at radius 2 is 2.08 bits per heavy atom. The predicted molar refractivity (Wildman–Crippen MR) is 54.5 cm³/mol. The molecule has 0 aliphatic heterocycles. The molecule has 1 aromatic carbocycles. The lowest BCUT2D eigenvalue weighted by atomic mass is 10.2. The number of halogens is 1. The number of hydrogen-bond acceptors (Lipinski definition) is 2. The van der Waals surface area contributed by atoms with Crippen molar-refractivity contribution in [1.29, 1.82) is 0 Å². The van der Waals surface area contributed by atoms with Crippen LogP contribution in [0.25, 0.3) is 0 Å². The molecule has 1 nitrogen and oxygen atoms in total. The van der Waals surface area contributed by atoms with Crippen LogP contribution in [0.1, 0.15) is 5.56 Å². The Balaban J connectivity index is 3.19. The highest BCUT2D eigenvalue weighted by atomic mass is 35.5. The van der Waals surface area contributed by atoms with Gasteiger partial charge in [0.25, 0.3) is 0 Å². The molecule has 0 N–H and O–H groups in total. The first-order valence-electron chi connectivity index (χ1n) is 3.57. The van der Waals surface area contributed by atoms with E-state index in [4.69, 9.17) is 16.3 Å². The van der Waals surface area contributed by atoms with Crippen LogP contribution < -0.4 is 4.74 Å². The van der Waals surface area contributed by atoms with E-state index >= 15 is 0 Å². The summed E-state index contributed by atoms with van der Waals surface area (Å²) in [6.45, 7) is 2.01. The van der Waals surface area contributed by atoms with Crippen LogP contribution >= 0.6 is 23.4 Å². The van der Waals surface area contributed by atoms with Gasteiger partial charge in [0.1, 0.15) is 5.75 Å². The monoisotopic (exact) mass is 202 g/mol. The summed E-state index contributed by atoms with van der Waals surface area (Å²) < 4.78 is 5.09. The largest absolute Gasteiger partial charge is 0.497 e. The number of benzene rings is 1. The van der Waals surface area contributed by atoms with Gasteiger partial charge in [-0.15, -0.1) is 11.8 Å². The summed E-state index contributed by atoms with van der Waals surface area (Å²) in [5.41, 5.74) is 1.12. The molecule has 0 fully saturated rings. The van der Waals surface area contributed by atoms with E-state index in [2.05, 4.69) is 0 Å². The molecule has 1 rings (SSSR count). The molecule has 0 aliphatic rings. The molecule has 0 spiro atoms. The van der Waals surface area contributed by atoms with Gasteiger partial charge in [0.15, 0.2) is 0 Å². The van der Waals surface area contributed by atoms with Gasteiger partial charge in [0.2, 0.25) is 0 Å². The molecule has 0 aliphatic carbocycles. The Morgan fingerprint density at radius 1 is 1.42 bits per heavy atom. The van der Waals surface area contributed by atoms with Crippen molar-refractivity contribution in [2.45, 2.75) is 11.8 Å². The molecular weight excluding hydrogens is 192 g/mol. The van der Waals surface area contributed by atoms with Gasteiger partial charge in [0.05, 0.1) is 7.11 Å². The zero-order valence-corrected chi connectivity index (χ0v) is 8.92. The lowest BCUT2D eigenvalue weighted by Crippen LogP contribution is -1.86. The summed E-state index contributed by atoms with van der Waals surface area (Å²) in [6.07, 6.45) is 2.03. The highest BCUT2D eigenvalue weighted by Crippen LogP contribution is 2.31. The summed E-state index contributed by atoms with van der Waals surface area (Å²) in [5.74, 6) is 0.815. The van der Waals surface area contributed by atoms with E-state index in [0.717, 1.165) is 16.3 Å². The van der Waals surface area contributed by atoms with Crippen LogP contribution in [0, 0.1) is 6.92 Å². The normalized spacial score (nSPS) is 10.0. The topological polar surface area (TPSA) is 9.23 Å². The minimum absolute atomic E-state index is 0.763. The third-order valence-corrected chi connectivity index (χ3v) is 2.98. The molecule has 3 heteroatoms. The summed E-state index contributed by atoms with van der Waals surface area (Å²) >= 11 is 7.66. The van der Waals surface area contributed by atoms with E-state index in [9.17, 15) is 0 Å². The van der Waals surface area contributed by atoms with Crippen LogP contribution in [0.5, 0.6) is 5.75 Å². The van der Waals surface area contributed by atoms with Crippen molar-refractivity contribution < 1.29 is 4.74 Å². The number of hydrogen-bond donors (Lipinski definition) is 0. The molecule has 0 unspecified atom stereocenters. The third-order valence-electron chi connectivity index (χ3n) is 1.73. The molecule has 0 heterocycles. The Hall–Kier alpha value is -0.340. The predicted octanol–water partition coefficient (Wildman–Crippen LogP) is 3.38. The highest BCUT2D eigenvalue weighted by molar-refractivity contribution is 7.98. The average Bonchev–Trinajstić information content (AvgIpc) is 2.09. The maximum Gasteiger partial charge on any atom is 0.121 e. The van der Waals surface area contributed by atoms with Gasteiger partial charge in [-0.05, 0) is 30.9 Å². The molecule has 0 amide bonds. The van der Waals surface area contributed by atoms with Gasteiger partial charge >= 0.3 is 0 Å². The van der Waals surface area contributed by atoms with E-state index in [1.165, 1.54) is 4.90 Å². The Bertz CT molecular complexity index is 286. The summed E-state index contributed by atoms with van der Waals surface area (Å²) in [5, 5.41) is 0.763. The lowest BCUT2D eigenvalue weighted by Gasteiger charge is -2.07. The zero-order chi connectivity index (χ0) is 9.14. The average molecular weight is 203 g/mol. The Kier molecular flexibility index (Phi) is 3.29. The van der Waals surface area contributed by atoms with Gasteiger partial charge in [-0.3, -0.25) is 0 Å². The first-order chi connectivity index (χ1) is 5.69. The van der Waals surface area contributed by atoms with Crippen LogP contribution in [0.4, 0.5) is 0 Å². The first kappa shape index (κ1) is 9.75. The third kappa shape index (κ3) is 1.87. The van der Waals surface area contributed by atoms with E-state index in [1.54, 1.807) is 18.9 Å². The van der Waals surface area contributed by atoms with E-state index in [1.807, 2.05) is 25.3 Å². The SMILES string of the molecule is COc1cc(Cl)c(C)c(SC)c1. The molecule has 0 aromatic heterocycles. The summed E-state index contributed by atoms with van der Waals surface area (Å²) in [7, 11) is 1.64. The van der Waals surface area contributed by atoms with Crippen molar-refractivity contribution in [2.24, 2.45) is 0 Å². The van der Waals surface area contributed by atoms with Crippen LogP contribution in [-0.2, 0) is 0 Å². The fraction of sp³-hybridized carbons (Fsp3) is 0.333. The standard InChI is InChI=1S/C9H11ClOS/c1-6-8(10)4-7(11-2)5-9(6)12-3/h4-5H,1-3H3. The fourth-order valence-electron chi connectivity index (χ4n) is 0.960. The molecule has 0 saturated heterocycles. The van der Waals surface area contributed by atoms with Crippen LogP contribution in [0.15, 0.2) is 17.0 Å². The molecule has 0 bridgehead atoms. The van der Waals surface area contributed by atoms with Gasteiger partial charge in [-0.1, -0.05) is 11.6 Å². The second kappa shape index (κ2) is 4.06. The smallest absolute Gasteiger partial charge is 0.121 e. The van der Waals surface area contributed by atoms with E-state index < -0.39 is 0 Å². The number of rotatable bonds is 2. The number of thioether (sulfide) groups is 1. The minimum atomic E-state index is 0.763. The molecule has 0 atom stereocenters. The first-order valence-corrected chi connectivity index (χ1v) is 5.17. The number of methoxy groups -OCH3 is 1. The van der Waals surface area contributed by atoms with Gasteiger partial charge in [-0.25, -0.2) is 0 Å². The van der Waals surface area contributed by atoms with Crippen molar-refractivity contribution in [3.63, 3.8) is 0 Å². The number of ether oxygens (including phenoxy) is 1.